The quantitative estimate of drug-likeness (QED) is 0.460. The summed E-state index contributed by atoms with van der Waals surface area (Å²) in [5, 5.41) is 9.39. The van der Waals surface area contributed by atoms with Crippen LogP contribution in [0.2, 0.25) is 0 Å². The van der Waals surface area contributed by atoms with Crippen LogP contribution < -0.4 is 5.69 Å². The fourth-order valence-corrected chi connectivity index (χ4v) is 4.61. The Balaban J connectivity index is 2.13. The average molecular weight is 464 g/mol. The summed E-state index contributed by atoms with van der Waals surface area (Å²) >= 11 is 0. The molecule has 0 spiro atoms. The largest absolute Gasteiger partial charge is 0.417 e. The molecule has 3 heterocycles. The number of hydrogen-bond donors (Lipinski definition) is 0. The number of rotatable bonds is 3. The van der Waals surface area contributed by atoms with Crippen molar-refractivity contribution in [2.75, 3.05) is 5.75 Å². The lowest BCUT2D eigenvalue weighted by atomic mass is 10.2. The highest BCUT2D eigenvalue weighted by molar-refractivity contribution is 7.91. The van der Waals surface area contributed by atoms with Gasteiger partial charge in [0.25, 0.3) is 0 Å². The van der Waals surface area contributed by atoms with Gasteiger partial charge < -0.3 is 4.57 Å². The highest BCUT2D eigenvalue weighted by Crippen LogP contribution is 2.35. The van der Waals surface area contributed by atoms with Gasteiger partial charge in [-0.25, -0.2) is 23.2 Å². The molecule has 0 amide bonds. The second-order valence-corrected chi connectivity index (χ2v) is 9.32. The van der Waals surface area contributed by atoms with Gasteiger partial charge in [-0.2, -0.15) is 23.0 Å². The molecular weight excluding hydrogens is 449 g/mol. The molecule has 0 atom stereocenters. The van der Waals surface area contributed by atoms with Gasteiger partial charge in [-0.1, -0.05) is 6.92 Å². The molecule has 0 N–H and O–H groups in total. The molecule has 0 bridgehead atoms. The fourth-order valence-electron chi connectivity index (χ4n) is 3.52. The van der Waals surface area contributed by atoms with Gasteiger partial charge in [-0.3, -0.25) is 4.57 Å². The first-order valence-corrected chi connectivity index (χ1v) is 10.8. The average Bonchev–Trinajstić information content (AvgIpc) is 3.19. The van der Waals surface area contributed by atoms with Crippen molar-refractivity contribution in [3.63, 3.8) is 0 Å². The summed E-state index contributed by atoms with van der Waals surface area (Å²) in [5.74, 6) is -0.236. The van der Waals surface area contributed by atoms with Gasteiger partial charge in [0.2, 0.25) is 0 Å². The summed E-state index contributed by atoms with van der Waals surface area (Å²) in [7, 11) is -0.956. The number of aryl methyl sites for hydroxylation is 2. The summed E-state index contributed by atoms with van der Waals surface area (Å²) in [6.45, 7) is 1.44. The van der Waals surface area contributed by atoms with Crippen molar-refractivity contribution in [2.45, 2.75) is 18.0 Å². The maximum absolute atomic E-state index is 13.1. The second-order valence-electron chi connectivity index (χ2n) is 7.08. The minimum atomic E-state index is -4.62. The molecule has 4 rings (SSSR count). The van der Waals surface area contributed by atoms with Crippen LogP contribution in [0.1, 0.15) is 12.5 Å². The van der Waals surface area contributed by atoms with Crippen molar-refractivity contribution in [1.29, 1.82) is 5.26 Å². The summed E-state index contributed by atoms with van der Waals surface area (Å²) in [6, 6.07) is 3.42. The third-order valence-corrected chi connectivity index (χ3v) is 7.02. The van der Waals surface area contributed by atoms with E-state index in [1.165, 1.54) is 37.7 Å². The lowest BCUT2D eigenvalue weighted by Crippen LogP contribution is -2.19. The van der Waals surface area contributed by atoms with Gasteiger partial charge in [0.1, 0.15) is 11.3 Å². The van der Waals surface area contributed by atoms with Crippen LogP contribution in [-0.2, 0) is 30.1 Å². The lowest BCUT2D eigenvalue weighted by molar-refractivity contribution is -0.137. The van der Waals surface area contributed by atoms with Gasteiger partial charge in [0.05, 0.1) is 27.2 Å². The number of sulfone groups is 1. The zero-order valence-corrected chi connectivity index (χ0v) is 17.8. The molecule has 0 unspecified atom stereocenters. The second kappa shape index (κ2) is 6.92. The third-order valence-electron chi connectivity index (χ3n) is 5.25. The molecule has 0 aliphatic heterocycles. The molecule has 3 aromatic heterocycles. The van der Waals surface area contributed by atoms with Gasteiger partial charge >= 0.3 is 11.9 Å². The summed E-state index contributed by atoms with van der Waals surface area (Å²) in [5.41, 5.74) is -1.23. The van der Waals surface area contributed by atoms with E-state index >= 15 is 0 Å². The number of benzene rings is 1. The Kier molecular flexibility index (Phi) is 4.67. The predicted molar refractivity (Wildman–Crippen MR) is 108 cm³/mol. The standard InChI is InChI=1S/C19H15F3N6O3S/c1-4-32(30,31)15-7-13-14(28(9-23)18(29)26(13)2)6-11(15)16-25-12-5-10(19(20,21)22)8-24-17(12)27(16)3/h5-8H,4H2,1-3H3. The molecule has 0 radical (unpaired) electrons. The highest BCUT2D eigenvalue weighted by atomic mass is 32.2. The Bertz CT molecular complexity index is 1620. The molecule has 4 aromatic rings. The number of fused-ring (bicyclic) bond motifs is 2. The minimum absolute atomic E-state index is 0.0292. The van der Waals surface area contributed by atoms with Gasteiger partial charge in [-0.15, -0.1) is 0 Å². The minimum Gasteiger partial charge on any atom is -0.312 e. The van der Waals surface area contributed by atoms with Crippen LogP contribution in [0.25, 0.3) is 33.6 Å². The number of hydrogen-bond acceptors (Lipinski definition) is 6. The van der Waals surface area contributed by atoms with Gasteiger partial charge in [0, 0.05) is 25.9 Å². The first-order chi connectivity index (χ1) is 14.9. The van der Waals surface area contributed by atoms with E-state index in [0.29, 0.717) is 6.20 Å². The number of alkyl halides is 3. The van der Waals surface area contributed by atoms with Crippen molar-refractivity contribution >= 4 is 32.0 Å². The maximum Gasteiger partial charge on any atom is 0.417 e. The van der Waals surface area contributed by atoms with Crippen molar-refractivity contribution < 1.29 is 21.6 Å². The van der Waals surface area contributed by atoms with Crippen LogP contribution in [0.5, 0.6) is 0 Å². The molecule has 0 saturated heterocycles. The molecule has 0 saturated carbocycles. The molecule has 32 heavy (non-hydrogen) atoms. The number of aromatic nitrogens is 5. The number of imidazole rings is 2. The lowest BCUT2D eigenvalue weighted by Gasteiger charge is -2.11. The first kappa shape index (κ1) is 21.6. The monoisotopic (exact) mass is 464 g/mol. The van der Waals surface area contributed by atoms with E-state index in [-0.39, 0.29) is 44.2 Å². The Morgan fingerprint density at radius 3 is 2.41 bits per heavy atom. The number of halogens is 3. The Labute approximate surface area is 178 Å². The van der Waals surface area contributed by atoms with Gasteiger partial charge in [0.15, 0.2) is 21.7 Å². The Morgan fingerprint density at radius 1 is 1.12 bits per heavy atom. The molecule has 0 fully saturated rings. The SMILES string of the molecule is CCS(=O)(=O)c1cc2c(cc1-c1nc3cc(C(F)(F)F)cnc3n1C)n(C#N)c(=O)n2C. The van der Waals surface area contributed by atoms with Crippen molar-refractivity contribution in [1.82, 2.24) is 23.7 Å². The summed E-state index contributed by atoms with van der Waals surface area (Å²) < 4.78 is 68.3. The third kappa shape index (κ3) is 3.06. The van der Waals surface area contributed by atoms with Gasteiger partial charge in [-0.05, 0) is 18.2 Å². The van der Waals surface area contributed by atoms with E-state index in [2.05, 4.69) is 9.97 Å². The van der Waals surface area contributed by atoms with Crippen molar-refractivity contribution in [2.24, 2.45) is 14.1 Å². The molecule has 13 heteroatoms. The zero-order chi connectivity index (χ0) is 23.6. The van der Waals surface area contributed by atoms with Crippen LogP contribution in [0.15, 0.2) is 34.1 Å². The normalized spacial score (nSPS) is 12.5. The molecule has 1 aromatic carbocycles. The van der Waals surface area contributed by atoms with E-state index in [1.54, 1.807) is 6.19 Å². The summed E-state index contributed by atoms with van der Waals surface area (Å²) in [6.07, 6.45) is -2.21. The summed E-state index contributed by atoms with van der Waals surface area (Å²) in [4.78, 5) is 20.2. The molecule has 166 valence electrons. The van der Waals surface area contributed by atoms with Crippen LogP contribution in [0.3, 0.4) is 0 Å². The Morgan fingerprint density at radius 2 is 1.81 bits per heavy atom. The van der Waals surface area contributed by atoms with Crippen molar-refractivity contribution in [3.8, 4) is 17.6 Å². The van der Waals surface area contributed by atoms with E-state index in [9.17, 15) is 31.6 Å². The Hall–Kier alpha value is -3.66. The molecule has 9 nitrogen and oxygen atoms in total. The zero-order valence-electron chi connectivity index (χ0n) is 17.0. The van der Waals surface area contributed by atoms with Crippen molar-refractivity contribution in [3.05, 3.63) is 40.4 Å². The topological polar surface area (TPSA) is 116 Å². The van der Waals surface area contributed by atoms with E-state index in [4.69, 9.17) is 0 Å². The van der Waals surface area contributed by atoms with Crippen LogP contribution in [0, 0.1) is 11.5 Å². The predicted octanol–water partition coefficient (Wildman–Crippen LogP) is 2.43. The number of nitrogens with zero attached hydrogens (tertiary/aromatic N) is 6. The fraction of sp³-hybridized carbons (Fsp3) is 0.263. The number of nitriles is 1. The van der Waals surface area contributed by atoms with Crippen LogP contribution in [0.4, 0.5) is 13.2 Å². The maximum atomic E-state index is 13.1. The number of pyridine rings is 1. The van der Waals surface area contributed by atoms with E-state index in [0.717, 1.165) is 15.2 Å². The molecular formula is C19H15F3N6O3S. The smallest absolute Gasteiger partial charge is 0.312 e. The molecule has 0 aliphatic rings. The highest BCUT2D eigenvalue weighted by Gasteiger charge is 2.32. The van der Waals surface area contributed by atoms with Crippen LogP contribution >= 0.6 is 0 Å². The van der Waals surface area contributed by atoms with Crippen LogP contribution in [-0.4, -0.2) is 37.8 Å². The first-order valence-electron chi connectivity index (χ1n) is 9.19. The molecule has 0 aliphatic carbocycles. The van der Waals surface area contributed by atoms with E-state index < -0.39 is 27.3 Å². The van der Waals surface area contributed by atoms with E-state index in [1.807, 2.05) is 0 Å².